The number of hydrogen-bond acceptors (Lipinski definition) is 4. The zero-order valence-corrected chi connectivity index (χ0v) is 19.0. The monoisotopic (exact) mass is 519 g/mol. The molecule has 0 aliphatic rings. The fourth-order valence-electron chi connectivity index (χ4n) is 4.04. The molecule has 0 unspecified atom stereocenters. The molecule has 0 bridgehead atoms. The summed E-state index contributed by atoms with van der Waals surface area (Å²) in [4.78, 5) is 41.1. The first-order valence-corrected chi connectivity index (χ1v) is 11.3. The lowest BCUT2D eigenvalue weighted by Gasteiger charge is -2.10. The van der Waals surface area contributed by atoms with E-state index in [4.69, 9.17) is 11.6 Å². The number of H-pyrrole nitrogens is 1. The lowest BCUT2D eigenvalue weighted by atomic mass is 10.1. The molecule has 0 fully saturated rings. The van der Waals surface area contributed by atoms with Gasteiger partial charge in [0.15, 0.2) is 5.69 Å². The fraction of sp³-hybridized carbons (Fsp3) is 0.0870. The molecule has 5 aromatic rings. The van der Waals surface area contributed by atoms with Gasteiger partial charge >= 0.3 is 17.8 Å². The number of benzene rings is 2. The van der Waals surface area contributed by atoms with Crippen molar-refractivity contribution in [2.75, 3.05) is 0 Å². The first-order valence-electron chi connectivity index (χ1n) is 9.99. The standard InChI is InChI=1S/C23H13ClF3N3O4S/c24-13-4-1-11(2-5-13)8-29-17-6-3-12(23(25,26)27)7-14(17)18(19(29)21(32)33)30-20(31)15-9-35-10-16(15)28-22(30)34/h1-7,9-10H,8H2,(H,28,34)(H,32,33). The molecule has 3 heterocycles. The molecule has 12 heteroatoms. The summed E-state index contributed by atoms with van der Waals surface area (Å²) in [6.07, 6.45) is -4.73. The smallest absolute Gasteiger partial charge is 0.416 e. The van der Waals surface area contributed by atoms with E-state index < -0.39 is 40.3 Å². The van der Waals surface area contributed by atoms with Crippen molar-refractivity contribution >= 4 is 50.7 Å². The number of thiophene rings is 1. The predicted molar refractivity (Wildman–Crippen MR) is 126 cm³/mol. The summed E-state index contributed by atoms with van der Waals surface area (Å²) in [6.45, 7) is -0.0615. The largest absolute Gasteiger partial charge is 0.477 e. The average molecular weight is 520 g/mol. The molecule has 5 rings (SSSR count). The molecular formula is C23H13ClF3N3O4S. The van der Waals surface area contributed by atoms with Crippen LogP contribution in [0.2, 0.25) is 5.02 Å². The number of aromatic nitrogens is 3. The normalized spacial score (nSPS) is 12.0. The predicted octanol–water partition coefficient (Wildman–Crippen LogP) is 5.11. The zero-order chi connectivity index (χ0) is 25.1. The molecule has 0 saturated carbocycles. The molecule has 3 aromatic heterocycles. The number of rotatable bonds is 4. The highest BCUT2D eigenvalue weighted by molar-refractivity contribution is 7.09. The fourth-order valence-corrected chi connectivity index (χ4v) is 4.92. The number of carbonyl (C=O) groups is 1. The van der Waals surface area contributed by atoms with Crippen LogP contribution in [-0.4, -0.2) is 25.2 Å². The molecule has 2 aromatic carbocycles. The van der Waals surface area contributed by atoms with Gasteiger partial charge < -0.3 is 14.7 Å². The van der Waals surface area contributed by atoms with Crippen LogP contribution in [-0.2, 0) is 12.7 Å². The Morgan fingerprint density at radius 1 is 1.06 bits per heavy atom. The van der Waals surface area contributed by atoms with E-state index >= 15 is 0 Å². The van der Waals surface area contributed by atoms with E-state index in [1.54, 1.807) is 24.3 Å². The van der Waals surface area contributed by atoms with E-state index in [1.165, 1.54) is 15.3 Å². The van der Waals surface area contributed by atoms with Gasteiger partial charge in [0.2, 0.25) is 0 Å². The van der Waals surface area contributed by atoms with Crippen LogP contribution in [0.5, 0.6) is 0 Å². The van der Waals surface area contributed by atoms with Crippen LogP contribution in [0.15, 0.2) is 62.8 Å². The van der Waals surface area contributed by atoms with Crippen LogP contribution in [0.25, 0.3) is 27.5 Å². The summed E-state index contributed by atoms with van der Waals surface area (Å²) in [6, 6.07) is 9.16. The second-order valence-electron chi connectivity index (χ2n) is 7.71. The molecule has 178 valence electrons. The van der Waals surface area contributed by atoms with Crippen molar-refractivity contribution in [1.29, 1.82) is 0 Å². The molecule has 7 nitrogen and oxygen atoms in total. The molecule has 0 aliphatic carbocycles. The molecule has 0 atom stereocenters. The van der Waals surface area contributed by atoms with E-state index in [0.717, 1.165) is 29.5 Å². The quantitative estimate of drug-likeness (QED) is 0.345. The van der Waals surface area contributed by atoms with E-state index in [1.807, 2.05) is 0 Å². The second kappa shape index (κ2) is 8.14. The molecular weight excluding hydrogens is 507 g/mol. The molecule has 0 saturated heterocycles. The van der Waals surface area contributed by atoms with E-state index in [0.29, 0.717) is 15.2 Å². The van der Waals surface area contributed by atoms with Gasteiger partial charge in [-0.2, -0.15) is 13.2 Å². The van der Waals surface area contributed by atoms with Gasteiger partial charge in [-0.15, -0.1) is 11.3 Å². The van der Waals surface area contributed by atoms with Gasteiger partial charge in [0, 0.05) is 27.7 Å². The second-order valence-corrected chi connectivity index (χ2v) is 8.89. The van der Waals surface area contributed by atoms with Gasteiger partial charge in [-0.3, -0.25) is 4.79 Å². The van der Waals surface area contributed by atoms with Crippen LogP contribution in [0, 0.1) is 0 Å². The van der Waals surface area contributed by atoms with Gasteiger partial charge in [0.1, 0.15) is 0 Å². The van der Waals surface area contributed by atoms with Crippen LogP contribution < -0.4 is 11.2 Å². The number of carboxylic acid groups (broad SMARTS) is 1. The number of carboxylic acids is 1. The van der Waals surface area contributed by atoms with E-state index in [2.05, 4.69) is 4.98 Å². The molecule has 0 radical (unpaired) electrons. The first kappa shape index (κ1) is 22.9. The Morgan fingerprint density at radius 2 is 1.77 bits per heavy atom. The van der Waals surface area contributed by atoms with Gasteiger partial charge in [-0.1, -0.05) is 23.7 Å². The summed E-state index contributed by atoms with van der Waals surface area (Å²) >= 11 is 7.07. The van der Waals surface area contributed by atoms with E-state index in [9.17, 15) is 32.7 Å². The Labute approximate surface area is 202 Å². The summed E-state index contributed by atoms with van der Waals surface area (Å²) in [5, 5.41) is 13.5. The SMILES string of the molecule is O=C(O)c1c(-n2c(=O)[nH]c3cscc3c2=O)c2cc(C(F)(F)F)ccc2n1Cc1ccc(Cl)cc1. The number of nitrogens with one attached hydrogen (secondary N) is 1. The van der Waals surface area contributed by atoms with Crippen molar-refractivity contribution in [3.63, 3.8) is 0 Å². The number of hydrogen-bond donors (Lipinski definition) is 2. The van der Waals surface area contributed by atoms with Crippen LogP contribution >= 0.6 is 22.9 Å². The summed E-state index contributed by atoms with van der Waals surface area (Å²) in [7, 11) is 0. The maximum atomic E-state index is 13.6. The highest BCUT2D eigenvalue weighted by Gasteiger charge is 2.33. The molecule has 0 aliphatic heterocycles. The topological polar surface area (TPSA) is 97.1 Å². The average Bonchev–Trinajstić information content (AvgIpc) is 3.38. The third-order valence-electron chi connectivity index (χ3n) is 5.58. The van der Waals surface area contributed by atoms with Gasteiger partial charge in [0.05, 0.1) is 27.7 Å². The van der Waals surface area contributed by atoms with Crippen molar-refractivity contribution in [2.45, 2.75) is 12.7 Å². The first-order chi connectivity index (χ1) is 16.6. The lowest BCUT2D eigenvalue weighted by molar-refractivity contribution is -0.137. The number of alkyl halides is 3. The minimum absolute atomic E-state index is 0.0615. The van der Waals surface area contributed by atoms with Crippen LogP contribution in [0.3, 0.4) is 0 Å². The van der Waals surface area contributed by atoms with Crippen molar-refractivity contribution in [2.24, 2.45) is 0 Å². The van der Waals surface area contributed by atoms with Gasteiger partial charge in [-0.25, -0.2) is 14.2 Å². The Balaban J connectivity index is 1.92. The molecule has 35 heavy (non-hydrogen) atoms. The van der Waals surface area contributed by atoms with Crippen molar-refractivity contribution < 1.29 is 23.1 Å². The third kappa shape index (κ3) is 3.82. The number of nitrogens with zero attached hydrogens (tertiary/aromatic N) is 2. The Morgan fingerprint density at radius 3 is 2.43 bits per heavy atom. The number of fused-ring (bicyclic) bond motifs is 2. The Bertz CT molecular complexity index is 1750. The van der Waals surface area contributed by atoms with Crippen LogP contribution in [0.4, 0.5) is 13.2 Å². The number of aromatic amines is 1. The van der Waals surface area contributed by atoms with Gasteiger partial charge in [-0.05, 0) is 35.9 Å². The number of halogens is 4. The Kier molecular flexibility index (Phi) is 5.33. The van der Waals surface area contributed by atoms with Crippen LogP contribution in [0.1, 0.15) is 21.6 Å². The minimum atomic E-state index is -4.73. The third-order valence-corrected chi connectivity index (χ3v) is 6.58. The Hall–Kier alpha value is -3.83. The zero-order valence-electron chi connectivity index (χ0n) is 17.4. The summed E-state index contributed by atoms with van der Waals surface area (Å²) in [5.74, 6) is -1.52. The highest BCUT2D eigenvalue weighted by Crippen LogP contribution is 2.36. The maximum absolute atomic E-state index is 13.6. The van der Waals surface area contributed by atoms with Gasteiger partial charge in [0.25, 0.3) is 5.56 Å². The molecule has 0 amide bonds. The minimum Gasteiger partial charge on any atom is -0.477 e. The highest BCUT2D eigenvalue weighted by atomic mass is 35.5. The lowest BCUT2D eigenvalue weighted by Crippen LogP contribution is -2.34. The molecule has 2 N–H and O–H groups in total. The number of aromatic carboxylic acids is 1. The van der Waals surface area contributed by atoms with E-state index in [-0.39, 0.29) is 28.4 Å². The summed E-state index contributed by atoms with van der Waals surface area (Å²) < 4.78 is 42.5. The summed E-state index contributed by atoms with van der Waals surface area (Å²) in [5.41, 5.74) is -2.83. The molecule has 0 spiro atoms. The maximum Gasteiger partial charge on any atom is 0.416 e. The van der Waals surface area contributed by atoms with Crippen molar-refractivity contribution in [3.8, 4) is 5.69 Å². The van der Waals surface area contributed by atoms with Crippen molar-refractivity contribution in [3.05, 3.63) is 95.9 Å². The van der Waals surface area contributed by atoms with Crippen molar-refractivity contribution in [1.82, 2.24) is 14.1 Å².